The monoisotopic (exact) mass is 527 g/mol. The van der Waals surface area contributed by atoms with Gasteiger partial charge in [-0.2, -0.15) is 0 Å². The maximum atomic E-state index is 12.5. The zero-order valence-corrected chi connectivity index (χ0v) is 23.2. The van der Waals surface area contributed by atoms with Gasteiger partial charge in [-0.1, -0.05) is 30.3 Å². The number of aryl methyl sites for hydroxylation is 3. The van der Waals surface area contributed by atoms with E-state index in [-0.39, 0.29) is 6.67 Å². The summed E-state index contributed by atoms with van der Waals surface area (Å²) in [6, 6.07) is 18.8. The third-order valence-corrected chi connectivity index (χ3v) is 8.25. The zero-order chi connectivity index (χ0) is 27.5. The number of aromatic carboxylic acids is 1. The number of carboxylic acid groups (broad SMARTS) is 1. The van der Waals surface area contributed by atoms with Crippen LogP contribution in [0.5, 0.6) is 5.75 Å². The summed E-state index contributed by atoms with van der Waals surface area (Å²) in [5, 5.41) is 9.63. The third-order valence-electron chi connectivity index (χ3n) is 8.25. The van der Waals surface area contributed by atoms with Crippen LogP contribution in [0.25, 0.3) is 11.1 Å². The molecule has 1 heterocycles. The van der Waals surface area contributed by atoms with E-state index in [2.05, 4.69) is 55.1 Å². The fraction of sp³-hybridized carbons (Fsp3) is 0.382. The van der Waals surface area contributed by atoms with Crippen molar-refractivity contribution in [2.45, 2.75) is 46.0 Å². The first-order valence-electron chi connectivity index (χ1n) is 14.0. The van der Waals surface area contributed by atoms with Crippen LogP contribution in [0.4, 0.5) is 4.39 Å². The maximum Gasteiger partial charge on any atom is 0.335 e. The second kappa shape index (κ2) is 11.7. The Kier molecular flexibility index (Phi) is 8.18. The van der Waals surface area contributed by atoms with Crippen LogP contribution in [0.2, 0.25) is 0 Å². The van der Waals surface area contributed by atoms with E-state index < -0.39 is 5.97 Å². The smallest absolute Gasteiger partial charge is 0.335 e. The van der Waals surface area contributed by atoms with E-state index in [0.717, 1.165) is 67.8 Å². The standard InChI is InChI=1S/C34H38FNO3/c1-22-16-29(39-3)17-23(2)32(22)31-7-4-6-27-19-28(34(37)38)12-13-30(27)33(31)26-10-8-24(9-11-26)18-25-20-36(21-25)15-5-14-35/h8-13,16-17,19,25H,4-7,14-15,18,20-21H2,1-3H3,(H,37,38). The minimum absolute atomic E-state index is 0.239. The molecule has 1 aliphatic heterocycles. The molecule has 2 aliphatic rings. The SMILES string of the molecule is COc1cc(C)c(C2=C(c3ccc(CC4CN(CCCF)C4)cc3)c3ccc(C(=O)O)cc3CCC2)c(C)c1. The number of nitrogens with zero attached hydrogens (tertiary/aromatic N) is 1. The molecular formula is C34H38FNO3. The highest BCUT2D eigenvalue weighted by atomic mass is 19.1. The highest BCUT2D eigenvalue weighted by Gasteiger charge is 2.27. The summed E-state index contributed by atoms with van der Waals surface area (Å²) in [5.74, 6) is 0.598. The average molecular weight is 528 g/mol. The molecule has 0 aromatic heterocycles. The summed E-state index contributed by atoms with van der Waals surface area (Å²) in [4.78, 5) is 14.1. The van der Waals surface area contributed by atoms with Crippen molar-refractivity contribution in [2.75, 3.05) is 33.4 Å². The van der Waals surface area contributed by atoms with Gasteiger partial charge in [0.25, 0.3) is 0 Å². The number of ether oxygens (including phenoxy) is 1. The number of carboxylic acids is 1. The molecule has 5 rings (SSSR count). The number of hydrogen-bond acceptors (Lipinski definition) is 3. The number of allylic oxidation sites excluding steroid dienone is 1. The average Bonchev–Trinajstić information content (AvgIpc) is 3.08. The van der Waals surface area contributed by atoms with Crippen molar-refractivity contribution < 1.29 is 19.0 Å². The first-order chi connectivity index (χ1) is 18.9. The van der Waals surface area contributed by atoms with Gasteiger partial charge in [-0.05, 0) is 126 Å². The van der Waals surface area contributed by atoms with Gasteiger partial charge in [-0.25, -0.2) is 4.79 Å². The Morgan fingerprint density at radius 3 is 2.38 bits per heavy atom. The number of benzene rings is 3. The Balaban J connectivity index is 1.54. The number of alkyl halides is 1. The summed E-state index contributed by atoms with van der Waals surface area (Å²) in [7, 11) is 1.70. The van der Waals surface area contributed by atoms with Crippen molar-refractivity contribution in [2.24, 2.45) is 5.92 Å². The molecule has 0 bridgehead atoms. The number of likely N-dealkylation sites (tertiary alicyclic amines) is 1. The molecule has 5 heteroatoms. The van der Waals surface area contributed by atoms with Crippen LogP contribution in [0.3, 0.4) is 0 Å². The van der Waals surface area contributed by atoms with Crippen LogP contribution in [-0.2, 0) is 12.8 Å². The molecule has 0 amide bonds. The minimum atomic E-state index is -0.891. The lowest BCUT2D eigenvalue weighted by atomic mass is 9.84. The lowest BCUT2D eigenvalue weighted by Crippen LogP contribution is -2.47. The van der Waals surface area contributed by atoms with Crippen molar-refractivity contribution in [3.63, 3.8) is 0 Å². The predicted octanol–water partition coefficient (Wildman–Crippen LogP) is 7.14. The summed E-state index contributed by atoms with van der Waals surface area (Å²) < 4.78 is 18.0. The summed E-state index contributed by atoms with van der Waals surface area (Å²) >= 11 is 0. The van der Waals surface area contributed by atoms with Crippen LogP contribution in [0.15, 0.2) is 54.6 Å². The number of methoxy groups -OCH3 is 1. The maximum absolute atomic E-state index is 12.5. The lowest BCUT2D eigenvalue weighted by molar-refractivity contribution is 0.0696. The van der Waals surface area contributed by atoms with Gasteiger partial charge in [0.2, 0.25) is 0 Å². The lowest BCUT2D eigenvalue weighted by Gasteiger charge is -2.39. The van der Waals surface area contributed by atoms with E-state index in [1.54, 1.807) is 13.2 Å². The first kappa shape index (κ1) is 27.1. The normalized spacial score (nSPS) is 16.0. The number of hydrogen-bond donors (Lipinski definition) is 1. The van der Waals surface area contributed by atoms with E-state index in [4.69, 9.17) is 4.74 Å². The van der Waals surface area contributed by atoms with Gasteiger partial charge in [0, 0.05) is 19.6 Å². The second-order valence-electron chi connectivity index (χ2n) is 11.1. The molecule has 0 saturated carbocycles. The van der Waals surface area contributed by atoms with E-state index in [1.165, 1.54) is 33.4 Å². The number of fused-ring (bicyclic) bond motifs is 1. The molecule has 3 aromatic rings. The Morgan fingerprint density at radius 2 is 1.74 bits per heavy atom. The minimum Gasteiger partial charge on any atom is -0.497 e. The fourth-order valence-corrected chi connectivity index (χ4v) is 6.43. The Bertz CT molecular complexity index is 1360. The first-order valence-corrected chi connectivity index (χ1v) is 14.0. The van der Waals surface area contributed by atoms with Crippen LogP contribution >= 0.6 is 0 Å². The van der Waals surface area contributed by atoms with Gasteiger partial charge in [0.05, 0.1) is 19.3 Å². The van der Waals surface area contributed by atoms with Crippen molar-refractivity contribution in [3.8, 4) is 5.75 Å². The van der Waals surface area contributed by atoms with Gasteiger partial charge >= 0.3 is 5.97 Å². The van der Waals surface area contributed by atoms with Crippen molar-refractivity contribution in [1.82, 2.24) is 4.90 Å². The molecule has 1 aliphatic carbocycles. The zero-order valence-electron chi connectivity index (χ0n) is 23.2. The topological polar surface area (TPSA) is 49.8 Å². The quantitative estimate of drug-likeness (QED) is 0.321. The molecule has 0 unspecified atom stereocenters. The van der Waals surface area contributed by atoms with Gasteiger partial charge < -0.3 is 14.7 Å². The highest BCUT2D eigenvalue weighted by molar-refractivity contribution is 6.01. The molecule has 1 N–H and O–H groups in total. The summed E-state index contributed by atoms with van der Waals surface area (Å²) in [6.45, 7) is 7.01. The van der Waals surface area contributed by atoms with Crippen molar-refractivity contribution in [3.05, 3.63) is 99.1 Å². The van der Waals surface area contributed by atoms with Crippen LogP contribution in [0.1, 0.15) is 68.6 Å². The molecule has 1 saturated heterocycles. The molecule has 4 nitrogen and oxygen atoms in total. The van der Waals surface area contributed by atoms with Gasteiger partial charge in [0.1, 0.15) is 5.75 Å². The van der Waals surface area contributed by atoms with Crippen LogP contribution in [-0.4, -0.2) is 49.4 Å². The number of carbonyl (C=O) groups is 1. The van der Waals surface area contributed by atoms with Crippen molar-refractivity contribution >= 4 is 17.1 Å². The van der Waals surface area contributed by atoms with Crippen molar-refractivity contribution in [1.29, 1.82) is 0 Å². The van der Waals surface area contributed by atoms with Gasteiger partial charge in [0.15, 0.2) is 0 Å². The Hall–Kier alpha value is -3.44. The van der Waals surface area contributed by atoms with E-state index in [9.17, 15) is 14.3 Å². The van der Waals surface area contributed by atoms with E-state index in [0.29, 0.717) is 17.9 Å². The van der Waals surface area contributed by atoms with Gasteiger partial charge in [-0.3, -0.25) is 4.39 Å². The molecule has 0 spiro atoms. The van der Waals surface area contributed by atoms with Crippen LogP contribution in [0, 0.1) is 19.8 Å². The molecule has 39 heavy (non-hydrogen) atoms. The Labute approximate surface area is 231 Å². The summed E-state index contributed by atoms with van der Waals surface area (Å²) in [6.07, 6.45) is 4.38. The van der Waals surface area contributed by atoms with E-state index in [1.807, 2.05) is 12.1 Å². The predicted molar refractivity (Wildman–Crippen MR) is 155 cm³/mol. The molecule has 0 atom stereocenters. The van der Waals surface area contributed by atoms with Crippen LogP contribution < -0.4 is 4.74 Å². The summed E-state index contributed by atoms with van der Waals surface area (Å²) in [5.41, 5.74) is 11.2. The number of halogens is 1. The van der Waals surface area contributed by atoms with Gasteiger partial charge in [-0.15, -0.1) is 0 Å². The molecule has 1 fully saturated rings. The Morgan fingerprint density at radius 1 is 1.03 bits per heavy atom. The number of rotatable bonds is 9. The molecule has 0 radical (unpaired) electrons. The van der Waals surface area contributed by atoms with E-state index >= 15 is 0 Å². The molecular weight excluding hydrogens is 489 g/mol. The molecule has 3 aromatic carbocycles. The largest absolute Gasteiger partial charge is 0.497 e. The fourth-order valence-electron chi connectivity index (χ4n) is 6.43. The molecule has 204 valence electrons. The third kappa shape index (κ3) is 5.79. The highest BCUT2D eigenvalue weighted by Crippen LogP contribution is 2.42. The second-order valence-corrected chi connectivity index (χ2v) is 11.1.